The van der Waals surface area contributed by atoms with Gasteiger partial charge in [-0.05, 0) is 96.8 Å². The highest BCUT2D eigenvalue weighted by Crippen LogP contribution is 2.36. The summed E-state index contributed by atoms with van der Waals surface area (Å²) >= 11 is 0. The predicted molar refractivity (Wildman–Crippen MR) is 226 cm³/mol. The molecule has 0 rings (SSSR count). The maximum Gasteiger partial charge on any atom is 0.469 e. The lowest BCUT2D eigenvalue weighted by molar-refractivity contribution is -0.161. The summed E-state index contributed by atoms with van der Waals surface area (Å²) in [5.74, 6) is -0.976. The highest BCUT2D eigenvalue weighted by Gasteiger charge is 2.22. The van der Waals surface area contributed by atoms with E-state index in [9.17, 15) is 19.3 Å². The highest BCUT2D eigenvalue weighted by atomic mass is 31.2. The Hall–Kier alpha value is -2.55. The van der Waals surface area contributed by atoms with Crippen LogP contribution in [0.15, 0.2) is 72.9 Å². The predicted octanol–water partition coefficient (Wildman–Crippen LogP) is 12.0. The van der Waals surface area contributed by atoms with Crippen molar-refractivity contribution >= 4 is 19.8 Å². The number of rotatable bonds is 38. The fourth-order valence-electron chi connectivity index (χ4n) is 5.53. The summed E-state index contributed by atoms with van der Waals surface area (Å²) in [7, 11) is -4.78. The van der Waals surface area contributed by atoms with Gasteiger partial charge in [0, 0.05) is 12.8 Å². The molecule has 55 heavy (non-hydrogen) atoms. The number of phosphoric ester groups is 1. The maximum absolute atomic E-state index is 12.4. The molecule has 0 bridgehead atoms. The maximum atomic E-state index is 12.4. The smallest absolute Gasteiger partial charge is 0.462 e. The molecule has 3 N–H and O–H groups in total. The molecule has 2 atom stereocenters. The number of unbranched alkanes of at least 4 members (excludes halogenated alkanes) is 14. The molecule has 9 nitrogen and oxygen atoms in total. The third kappa shape index (κ3) is 44.0. The van der Waals surface area contributed by atoms with Gasteiger partial charge in [0.1, 0.15) is 6.61 Å². The van der Waals surface area contributed by atoms with Gasteiger partial charge in [-0.15, -0.1) is 0 Å². The van der Waals surface area contributed by atoms with Crippen molar-refractivity contribution in [2.75, 3.05) is 13.2 Å². The first-order valence-electron chi connectivity index (χ1n) is 21.3. The minimum atomic E-state index is -4.78. The van der Waals surface area contributed by atoms with Crippen LogP contribution in [-0.4, -0.2) is 52.3 Å². The topological polar surface area (TPSA) is 140 Å². The van der Waals surface area contributed by atoms with E-state index in [1.807, 2.05) is 19.1 Å². The number of carbonyl (C=O) groups excluding carboxylic acids is 2. The van der Waals surface area contributed by atoms with E-state index in [2.05, 4.69) is 72.2 Å². The molecule has 0 spiro atoms. The van der Waals surface area contributed by atoms with Crippen molar-refractivity contribution in [2.24, 2.45) is 0 Å². The Labute approximate surface area is 334 Å². The molecule has 0 aromatic rings. The third-order valence-electron chi connectivity index (χ3n) is 8.72. The quantitative estimate of drug-likeness (QED) is 0.0241. The number of hydrogen-bond donors (Lipinski definition) is 3. The van der Waals surface area contributed by atoms with Gasteiger partial charge in [0.2, 0.25) is 0 Å². The van der Waals surface area contributed by atoms with Crippen molar-refractivity contribution in [1.29, 1.82) is 0 Å². The number of phosphoric acid groups is 1. The minimum Gasteiger partial charge on any atom is -0.462 e. The van der Waals surface area contributed by atoms with Crippen LogP contribution in [0.4, 0.5) is 0 Å². The first-order valence-corrected chi connectivity index (χ1v) is 22.8. The normalized spacial score (nSPS) is 13.8. The number of hydrogen-bond acceptors (Lipinski definition) is 7. The van der Waals surface area contributed by atoms with Gasteiger partial charge in [-0.2, -0.15) is 0 Å². The van der Waals surface area contributed by atoms with Gasteiger partial charge in [0.05, 0.1) is 12.7 Å². The van der Waals surface area contributed by atoms with Crippen LogP contribution in [0.1, 0.15) is 174 Å². The van der Waals surface area contributed by atoms with E-state index in [1.165, 1.54) is 57.8 Å². The van der Waals surface area contributed by atoms with Gasteiger partial charge < -0.3 is 24.4 Å². The molecule has 0 aromatic heterocycles. The first-order chi connectivity index (χ1) is 26.6. The molecule has 0 saturated carbocycles. The van der Waals surface area contributed by atoms with Crippen LogP contribution in [0.5, 0.6) is 0 Å². The van der Waals surface area contributed by atoms with E-state index in [0.717, 1.165) is 70.6 Å². The van der Waals surface area contributed by atoms with Crippen LogP contribution >= 0.6 is 7.82 Å². The lowest BCUT2D eigenvalue weighted by Crippen LogP contribution is -2.29. The number of ether oxygens (including phenoxy) is 2. The average molecular weight is 793 g/mol. The Kier molecular flexibility index (Phi) is 37.8. The second-order valence-electron chi connectivity index (χ2n) is 14.2. The molecule has 0 aromatic carbocycles. The fourth-order valence-corrected chi connectivity index (χ4v) is 5.89. The molecule has 0 aliphatic heterocycles. The lowest BCUT2D eigenvalue weighted by Gasteiger charge is -2.18. The highest BCUT2D eigenvalue weighted by molar-refractivity contribution is 7.46. The lowest BCUT2D eigenvalue weighted by atomic mass is 10.1. The largest absolute Gasteiger partial charge is 0.469 e. The summed E-state index contributed by atoms with van der Waals surface area (Å²) in [6, 6.07) is 0. The van der Waals surface area contributed by atoms with Gasteiger partial charge in [-0.3, -0.25) is 14.1 Å². The van der Waals surface area contributed by atoms with E-state index in [-0.39, 0.29) is 25.6 Å². The minimum absolute atomic E-state index is 0.120. The fraction of sp³-hybridized carbons (Fsp3) is 0.689. The summed E-state index contributed by atoms with van der Waals surface area (Å²) in [5.41, 5.74) is 0. The summed E-state index contributed by atoms with van der Waals surface area (Å²) in [6.45, 7) is 3.16. The molecule has 0 amide bonds. The third-order valence-corrected chi connectivity index (χ3v) is 9.20. The molecule has 316 valence electrons. The van der Waals surface area contributed by atoms with Crippen molar-refractivity contribution in [3.63, 3.8) is 0 Å². The van der Waals surface area contributed by atoms with Gasteiger partial charge in [-0.25, -0.2) is 4.57 Å². The zero-order valence-corrected chi connectivity index (χ0v) is 35.3. The summed E-state index contributed by atoms with van der Waals surface area (Å²) in [4.78, 5) is 42.8. The average Bonchev–Trinajstić information content (AvgIpc) is 3.14. The van der Waals surface area contributed by atoms with Crippen LogP contribution in [0.2, 0.25) is 0 Å². The zero-order valence-electron chi connectivity index (χ0n) is 34.4. The van der Waals surface area contributed by atoms with Gasteiger partial charge in [-0.1, -0.05) is 138 Å². The van der Waals surface area contributed by atoms with Crippen LogP contribution in [0.3, 0.4) is 0 Å². The molecule has 0 heterocycles. The molecule has 0 aliphatic carbocycles. The standard InChI is InChI=1S/C45H77O9P/c1-3-4-5-6-7-8-9-10-11-12-13-14-17-20-23-26-29-32-35-38-44(47)52-40-43(41-53-55(49,50)51)54-45(48)39-36-33-30-27-24-21-18-15-16-19-22-25-28-31-34-37-42(2)46/h7-8,10-11,16,18-19,21,25,27-28,30,42-43,46H,3-6,9,12-15,17,20,22-24,26,29,31-41H2,1-2H3,(H2,49,50,51)/b8-7-,11-10-,19-16-,21-18-,28-25-,30-27-/t42-,43+/m0/s1. The van der Waals surface area contributed by atoms with E-state index < -0.39 is 32.5 Å². The van der Waals surface area contributed by atoms with Crippen molar-refractivity contribution < 1.29 is 43.0 Å². The molecule has 0 fully saturated rings. The Morgan fingerprint density at radius 3 is 1.45 bits per heavy atom. The number of aliphatic hydroxyl groups is 1. The molecule has 0 saturated heterocycles. The molecule has 0 radical (unpaired) electrons. The Morgan fingerprint density at radius 2 is 0.964 bits per heavy atom. The van der Waals surface area contributed by atoms with Crippen molar-refractivity contribution in [3.05, 3.63) is 72.9 Å². The first kappa shape index (κ1) is 52.5. The van der Waals surface area contributed by atoms with Crippen LogP contribution < -0.4 is 0 Å². The number of esters is 2. The monoisotopic (exact) mass is 793 g/mol. The van der Waals surface area contributed by atoms with E-state index >= 15 is 0 Å². The summed E-state index contributed by atoms with van der Waals surface area (Å²) < 4.78 is 26.3. The van der Waals surface area contributed by atoms with Crippen molar-refractivity contribution in [3.8, 4) is 0 Å². The number of allylic oxidation sites excluding steroid dienone is 12. The molecule has 0 unspecified atom stereocenters. The van der Waals surface area contributed by atoms with Crippen LogP contribution in [0.25, 0.3) is 0 Å². The van der Waals surface area contributed by atoms with E-state index in [1.54, 1.807) is 0 Å². The Morgan fingerprint density at radius 1 is 0.545 bits per heavy atom. The molecular formula is C45H77O9P. The number of carbonyl (C=O) groups is 2. The molecule has 10 heteroatoms. The molecule has 0 aliphatic rings. The Balaban J connectivity index is 4.02. The summed E-state index contributed by atoms with van der Waals surface area (Å²) in [5, 5.41) is 9.25. The van der Waals surface area contributed by atoms with Gasteiger partial charge >= 0.3 is 19.8 Å². The second-order valence-corrected chi connectivity index (χ2v) is 15.5. The second kappa shape index (κ2) is 39.7. The van der Waals surface area contributed by atoms with Crippen molar-refractivity contribution in [1.82, 2.24) is 0 Å². The summed E-state index contributed by atoms with van der Waals surface area (Å²) in [6.07, 6.45) is 49.0. The zero-order chi connectivity index (χ0) is 40.5. The SMILES string of the molecule is CCCCC/C=C\C/C=C\CCCCCCCCCCCC(=O)OC[C@H](COP(=O)(O)O)OC(=O)CCC/C=C\C/C=C\C/C=C\C/C=C\CCC[C@H](C)O. The van der Waals surface area contributed by atoms with Gasteiger partial charge in [0.25, 0.3) is 0 Å². The molecular weight excluding hydrogens is 715 g/mol. The number of aliphatic hydroxyl groups excluding tert-OH is 1. The van der Waals surface area contributed by atoms with Crippen molar-refractivity contribution in [2.45, 2.75) is 187 Å². The van der Waals surface area contributed by atoms with E-state index in [0.29, 0.717) is 19.3 Å². The van der Waals surface area contributed by atoms with Crippen LogP contribution in [0, 0.1) is 0 Å². The van der Waals surface area contributed by atoms with E-state index in [4.69, 9.17) is 19.3 Å². The van der Waals surface area contributed by atoms with Crippen LogP contribution in [-0.2, 0) is 28.2 Å². The Bertz CT molecular complexity index is 1130. The van der Waals surface area contributed by atoms with Gasteiger partial charge in [0.15, 0.2) is 6.10 Å².